The highest BCUT2D eigenvalue weighted by Gasteiger charge is 2.22. The van der Waals surface area contributed by atoms with Crippen LogP contribution >= 0.6 is 11.3 Å². The molecule has 1 fully saturated rings. The number of nitrogens with one attached hydrogen (secondary N) is 2. The number of ether oxygens (including phenoxy) is 1. The molecule has 0 amide bonds. The molecule has 1 aliphatic carbocycles. The predicted octanol–water partition coefficient (Wildman–Crippen LogP) is 3.40. The van der Waals surface area contributed by atoms with Gasteiger partial charge in [0.05, 0.1) is 17.3 Å². The molecule has 5 nitrogen and oxygen atoms in total. The largest absolute Gasteiger partial charge is 0.493 e. The number of hydrogen-bond donors (Lipinski definition) is 2. The van der Waals surface area contributed by atoms with Crippen LogP contribution in [0.2, 0.25) is 0 Å². The molecule has 1 saturated carbocycles. The molecule has 3 rings (SSSR count). The minimum absolute atomic E-state index is 0.692. The van der Waals surface area contributed by atoms with E-state index in [0.717, 1.165) is 54.9 Å². The zero-order valence-electron chi connectivity index (χ0n) is 15.6. The Labute approximate surface area is 159 Å². The topological polar surface area (TPSA) is 58.5 Å². The Morgan fingerprint density at radius 1 is 1.31 bits per heavy atom. The van der Waals surface area contributed by atoms with Gasteiger partial charge in [-0.15, -0.1) is 11.3 Å². The van der Waals surface area contributed by atoms with E-state index in [4.69, 9.17) is 4.74 Å². The van der Waals surface area contributed by atoms with Crippen molar-refractivity contribution in [1.82, 2.24) is 15.6 Å². The van der Waals surface area contributed by atoms with Crippen molar-refractivity contribution in [2.24, 2.45) is 10.9 Å². The molecule has 1 heterocycles. The quantitative estimate of drug-likeness (QED) is 0.523. The van der Waals surface area contributed by atoms with E-state index in [1.54, 1.807) is 18.4 Å². The van der Waals surface area contributed by atoms with E-state index in [0.29, 0.717) is 6.54 Å². The number of aryl methyl sites for hydroxylation is 1. The van der Waals surface area contributed by atoms with Crippen molar-refractivity contribution in [3.8, 4) is 5.75 Å². The second-order valence-electron chi connectivity index (χ2n) is 6.55. The molecule has 0 atom stereocenters. The van der Waals surface area contributed by atoms with Crippen molar-refractivity contribution >= 4 is 17.3 Å². The van der Waals surface area contributed by atoms with Crippen molar-refractivity contribution in [1.29, 1.82) is 0 Å². The minimum Gasteiger partial charge on any atom is -0.493 e. The maximum Gasteiger partial charge on any atom is 0.191 e. The van der Waals surface area contributed by atoms with E-state index >= 15 is 0 Å². The second kappa shape index (κ2) is 9.57. The summed E-state index contributed by atoms with van der Waals surface area (Å²) >= 11 is 1.74. The molecule has 1 aliphatic rings. The van der Waals surface area contributed by atoms with Gasteiger partial charge in [-0.05, 0) is 31.2 Å². The standard InChI is InChI=1S/C20H28N4OS/c1-3-19-24-17(14-26-19)10-11-22-20(21-2)23-12-16-6-4-5-7-18(16)25-13-15-8-9-15/h4-7,14-15H,3,8-13H2,1-2H3,(H2,21,22,23). The van der Waals surface area contributed by atoms with Gasteiger partial charge in [0.15, 0.2) is 5.96 Å². The van der Waals surface area contributed by atoms with Gasteiger partial charge in [0.2, 0.25) is 0 Å². The molecule has 1 aromatic heterocycles. The highest BCUT2D eigenvalue weighted by Crippen LogP contribution is 2.30. The molecule has 0 spiro atoms. The molecular formula is C20H28N4OS. The lowest BCUT2D eigenvalue weighted by Crippen LogP contribution is -2.38. The van der Waals surface area contributed by atoms with Crippen molar-refractivity contribution in [3.63, 3.8) is 0 Å². The van der Waals surface area contributed by atoms with Gasteiger partial charge in [-0.2, -0.15) is 0 Å². The summed E-state index contributed by atoms with van der Waals surface area (Å²) < 4.78 is 5.97. The summed E-state index contributed by atoms with van der Waals surface area (Å²) in [6.45, 7) is 4.47. The predicted molar refractivity (Wildman–Crippen MR) is 108 cm³/mol. The molecule has 0 aliphatic heterocycles. The molecule has 1 aromatic carbocycles. The average molecular weight is 373 g/mol. The monoisotopic (exact) mass is 372 g/mol. The maximum absolute atomic E-state index is 5.97. The summed E-state index contributed by atoms with van der Waals surface area (Å²) in [6.07, 6.45) is 4.51. The summed E-state index contributed by atoms with van der Waals surface area (Å²) in [5.74, 6) is 2.52. The average Bonchev–Trinajstić information content (AvgIpc) is 3.40. The molecular weight excluding hydrogens is 344 g/mol. The fourth-order valence-corrected chi connectivity index (χ4v) is 3.40. The van der Waals surface area contributed by atoms with E-state index < -0.39 is 0 Å². The molecule has 6 heteroatoms. The first-order valence-corrected chi connectivity index (χ1v) is 10.2. The molecule has 0 radical (unpaired) electrons. The Hall–Kier alpha value is -2.08. The lowest BCUT2D eigenvalue weighted by molar-refractivity contribution is 0.296. The smallest absolute Gasteiger partial charge is 0.191 e. The lowest BCUT2D eigenvalue weighted by atomic mass is 10.2. The van der Waals surface area contributed by atoms with Crippen LogP contribution in [0.15, 0.2) is 34.6 Å². The minimum atomic E-state index is 0.692. The fraction of sp³-hybridized carbons (Fsp3) is 0.500. The zero-order valence-corrected chi connectivity index (χ0v) is 16.4. The normalized spacial score (nSPS) is 14.3. The van der Waals surface area contributed by atoms with Gasteiger partial charge in [0.25, 0.3) is 0 Å². The number of nitrogens with zero attached hydrogens (tertiary/aromatic N) is 2. The van der Waals surface area contributed by atoms with Gasteiger partial charge in [-0.3, -0.25) is 4.99 Å². The van der Waals surface area contributed by atoms with Crippen LogP contribution in [-0.2, 0) is 19.4 Å². The van der Waals surface area contributed by atoms with Crippen LogP contribution in [0.5, 0.6) is 5.75 Å². The molecule has 0 saturated heterocycles. The van der Waals surface area contributed by atoms with E-state index in [9.17, 15) is 0 Å². The van der Waals surface area contributed by atoms with Gasteiger partial charge >= 0.3 is 0 Å². The SMILES string of the molecule is CCc1nc(CCNC(=NC)NCc2ccccc2OCC2CC2)cs1. The van der Waals surface area contributed by atoms with Crippen LogP contribution in [-0.4, -0.2) is 31.1 Å². The third kappa shape index (κ3) is 5.73. The third-order valence-electron chi connectivity index (χ3n) is 4.39. The van der Waals surface area contributed by atoms with Gasteiger partial charge < -0.3 is 15.4 Å². The van der Waals surface area contributed by atoms with Gasteiger partial charge in [-0.1, -0.05) is 25.1 Å². The van der Waals surface area contributed by atoms with E-state index in [2.05, 4.69) is 39.0 Å². The van der Waals surface area contributed by atoms with E-state index in [1.165, 1.54) is 17.8 Å². The third-order valence-corrected chi connectivity index (χ3v) is 5.43. The van der Waals surface area contributed by atoms with Crippen molar-refractivity contribution in [3.05, 3.63) is 45.9 Å². The molecule has 2 N–H and O–H groups in total. The van der Waals surface area contributed by atoms with E-state index in [-0.39, 0.29) is 0 Å². The Kier molecular flexibility index (Phi) is 6.89. The number of aromatic nitrogens is 1. The highest BCUT2D eigenvalue weighted by atomic mass is 32.1. The second-order valence-corrected chi connectivity index (χ2v) is 7.49. The maximum atomic E-state index is 5.97. The summed E-state index contributed by atoms with van der Waals surface area (Å²) in [4.78, 5) is 8.90. The van der Waals surface area contributed by atoms with E-state index in [1.807, 2.05) is 18.2 Å². The van der Waals surface area contributed by atoms with Crippen LogP contribution in [0.25, 0.3) is 0 Å². The van der Waals surface area contributed by atoms with Crippen LogP contribution in [0.1, 0.15) is 36.0 Å². The number of para-hydroxylation sites is 1. The van der Waals surface area contributed by atoms with Crippen molar-refractivity contribution in [2.45, 2.75) is 39.2 Å². The number of rotatable bonds is 9. The number of hydrogen-bond acceptors (Lipinski definition) is 4. The van der Waals surface area contributed by atoms with Crippen LogP contribution in [0.4, 0.5) is 0 Å². The van der Waals surface area contributed by atoms with Crippen molar-refractivity contribution < 1.29 is 4.74 Å². The number of guanidine groups is 1. The summed E-state index contributed by atoms with van der Waals surface area (Å²) in [5.41, 5.74) is 2.30. The Morgan fingerprint density at radius 3 is 2.88 bits per heavy atom. The number of aliphatic imine (C=N–C) groups is 1. The van der Waals surface area contributed by atoms with Crippen molar-refractivity contribution in [2.75, 3.05) is 20.2 Å². The summed E-state index contributed by atoms with van der Waals surface area (Å²) in [5, 5.41) is 10.1. The molecule has 0 bridgehead atoms. The van der Waals surface area contributed by atoms with Crippen LogP contribution in [0.3, 0.4) is 0 Å². The van der Waals surface area contributed by atoms with Gasteiger partial charge in [0.1, 0.15) is 5.75 Å². The first kappa shape index (κ1) is 18.7. The Morgan fingerprint density at radius 2 is 2.15 bits per heavy atom. The Balaban J connectivity index is 1.44. The summed E-state index contributed by atoms with van der Waals surface area (Å²) in [6, 6.07) is 8.22. The first-order valence-electron chi connectivity index (χ1n) is 9.37. The van der Waals surface area contributed by atoms with Crippen LogP contribution < -0.4 is 15.4 Å². The summed E-state index contributed by atoms with van der Waals surface area (Å²) in [7, 11) is 1.79. The number of benzene rings is 1. The highest BCUT2D eigenvalue weighted by molar-refractivity contribution is 7.09. The molecule has 0 unspecified atom stereocenters. The van der Waals surface area contributed by atoms with Gasteiger partial charge in [0, 0.05) is 37.5 Å². The Bertz CT molecular complexity index is 724. The first-order chi connectivity index (χ1) is 12.8. The van der Waals surface area contributed by atoms with Gasteiger partial charge in [-0.25, -0.2) is 4.98 Å². The molecule has 140 valence electrons. The lowest BCUT2D eigenvalue weighted by Gasteiger charge is -2.14. The zero-order chi connectivity index (χ0) is 18.2. The molecule has 2 aromatic rings. The number of thiazole rings is 1. The van der Waals surface area contributed by atoms with Crippen LogP contribution in [0, 0.1) is 5.92 Å². The fourth-order valence-electron chi connectivity index (χ4n) is 2.62. The molecule has 26 heavy (non-hydrogen) atoms.